The first-order chi connectivity index (χ1) is 9.43. The highest BCUT2D eigenvalue weighted by atomic mass is 16.2. The summed E-state index contributed by atoms with van der Waals surface area (Å²) in [4.78, 5) is 12.4. The lowest BCUT2D eigenvalue weighted by Crippen LogP contribution is -2.18. The predicted octanol–water partition coefficient (Wildman–Crippen LogP) is 2.66. The molecular formula is C15H20N4O. The molecule has 2 rings (SSSR count). The third-order valence-electron chi connectivity index (χ3n) is 3.45. The van der Waals surface area contributed by atoms with E-state index >= 15 is 0 Å². The molecule has 0 bridgehead atoms. The number of nitrogen functional groups attached to an aromatic ring is 1. The Hall–Kier alpha value is -2.30. The van der Waals surface area contributed by atoms with Crippen LogP contribution in [0.1, 0.15) is 34.2 Å². The van der Waals surface area contributed by atoms with E-state index in [9.17, 15) is 4.79 Å². The predicted molar refractivity (Wildman–Crippen MR) is 80.9 cm³/mol. The fourth-order valence-corrected chi connectivity index (χ4v) is 2.07. The van der Waals surface area contributed by atoms with Gasteiger partial charge in [0, 0.05) is 12.2 Å². The summed E-state index contributed by atoms with van der Waals surface area (Å²) >= 11 is 0. The fourth-order valence-electron chi connectivity index (χ4n) is 2.07. The second kappa shape index (κ2) is 5.36. The molecule has 1 amide bonds. The molecule has 3 N–H and O–H groups in total. The first-order valence-electron chi connectivity index (χ1n) is 6.65. The fraction of sp³-hybridized carbons (Fsp3) is 0.333. The van der Waals surface area contributed by atoms with E-state index in [0.717, 1.165) is 11.3 Å². The SMILES string of the molecule is CCn1nc(C)c(N)c1C(=O)Nc1ccc(C)c(C)c1. The summed E-state index contributed by atoms with van der Waals surface area (Å²) < 4.78 is 1.63. The van der Waals surface area contributed by atoms with Gasteiger partial charge in [0.15, 0.2) is 0 Å². The van der Waals surface area contributed by atoms with Crippen LogP contribution in [-0.2, 0) is 6.54 Å². The van der Waals surface area contributed by atoms with E-state index in [1.165, 1.54) is 5.56 Å². The maximum atomic E-state index is 12.4. The van der Waals surface area contributed by atoms with Gasteiger partial charge in [-0.25, -0.2) is 0 Å². The van der Waals surface area contributed by atoms with E-state index in [1.807, 2.05) is 39.0 Å². The third-order valence-corrected chi connectivity index (χ3v) is 3.45. The number of aromatic nitrogens is 2. The van der Waals surface area contributed by atoms with Crippen LogP contribution in [0.25, 0.3) is 0 Å². The summed E-state index contributed by atoms with van der Waals surface area (Å²) in [5.41, 5.74) is 10.6. The Bertz CT molecular complexity index is 658. The number of carbonyl (C=O) groups is 1. The first-order valence-corrected chi connectivity index (χ1v) is 6.65. The van der Waals surface area contributed by atoms with E-state index < -0.39 is 0 Å². The van der Waals surface area contributed by atoms with Crippen molar-refractivity contribution in [2.45, 2.75) is 34.2 Å². The summed E-state index contributed by atoms with van der Waals surface area (Å²) in [6, 6.07) is 5.82. The van der Waals surface area contributed by atoms with Crippen LogP contribution < -0.4 is 11.1 Å². The number of benzene rings is 1. The van der Waals surface area contributed by atoms with Gasteiger partial charge in [0.1, 0.15) is 5.69 Å². The smallest absolute Gasteiger partial charge is 0.276 e. The molecule has 0 atom stereocenters. The van der Waals surface area contributed by atoms with Crippen molar-refractivity contribution in [3.63, 3.8) is 0 Å². The van der Waals surface area contributed by atoms with Gasteiger partial charge in [0.05, 0.1) is 11.4 Å². The average Bonchev–Trinajstić information content (AvgIpc) is 2.69. The molecule has 1 aromatic heterocycles. The number of hydrogen-bond donors (Lipinski definition) is 2. The largest absolute Gasteiger partial charge is 0.395 e. The van der Waals surface area contributed by atoms with Gasteiger partial charge in [-0.2, -0.15) is 5.10 Å². The molecule has 0 spiro atoms. The van der Waals surface area contributed by atoms with Gasteiger partial charge < -0.3 is 11.1 Å². The molecule has 0 saturated carbocycles. The van der Waals surface area contributed by atoms with Crippen LogP contribution in [0.5, 0.6) is 0 Å². The second-order valence-corrected chi connectivity index (χ2v) is 4.92. The number of nitrogens with two attached hydrogens (primary N) is 1. The minimum Gasteiger partial charge on any atom is -0.395 e. The van der Waals surface area contributed by atoms with E-state index in [1.54, 1.807) is 11.6 Å². The summed E-state index contributed by atoms with van der Waals surface area (Å²) in [6.07, 6.45) is 0. The number of anilines is 2. The molecule has 20 heavy (non-hydrogen) atoms. The maximum Gasteiger partial charge on any atom is 0.276 e. The van der Waals surface area contributed by atoms with Gasteiger partial charge in [0.2, 0.25) is 0 Å². The van der Waals surface area contributed by atoms with Crippen molar-refractivity contribution >= 4 is 17.3 Å². The molecular weight excluding hydrogens is 252 g/mol. The van der Waals surface area contributed by atoms with Crippen molar-refractivity contribution in [3.8, 4) is 0 Å². The number of carbonyl (C=O) groups excluding carboxylic acids is 1. The lowest BCUT2D eigenvalue weighted by atomic mass is 10.1. The number of aryl methyl sites for hydroxylation is 4. The molecule has 5 nitrogen and oxygen atoms in total. The molecule has 1 heterocycles. The Balaban J connectivity index is 2.30. The van der Waals surface area contributed by atoms with Crippen molar-refractivity contribution in [2.75, 3.05) is 11.1 Å². The molecule has 0 aliphatic carbocycles. The van der Waals surface area contributed by atoms with E-state index in [4.69, 9.17) is 5.73 Å². The Morgan fingerprint density at radius 2 is 2.00 bits per heavy atom. The number of rotatable bonds is 3. The van der Waals surface area contributed by atoms with Crippen LogP contribution in [0.2, 0.25) is 0 Å². The Labute approximate surface area is 118 Å². The third kappa shape index (κ3) is 2.52. The number of nitrogens with zero attached hydrogens (tertiary/aromatic N) is 2. The lowest BCUT2D eigenvalue weighted by molar-refractivity contribution is 0.101. The van der Waals surface area contributed by atoms with Crippen molar-refractivity contribution in [1.29, 1.82) is 0 Å². The molecule has 0 unspecified atom stereocenters. The van der Waals surface area contributed by atoms with Crippen LogP contribution in [-0.4, -0.2) is 15.7 Å². The Morgan fingerprint density at radius 3 is 2.60 bits per heavy atom. The van der Waals surface area contributed by atoms with E-state index in [-0.39, 0.29) is 5.91 Å². The van der Waals surface area contributed by atoms with E-state index in [2.05, 4.69) is 10.4 Å². The standard InChI is InChI=1S/C15H20N4O/c1-5-19-14(13(16)11(4)18-19)15(20)17-12-7-6-9(2)10(3)8-12/h6-8H,5,16H2,1-4H3,(H,17,20). The van der Waals surface area contributed by atoms with Crippen LogP contribution >= 0.6 is 0 Å². The van der Waals surface area contributed by atoms with Gasteiger partial charge in [-0.15, -0.1) is 0 Å². The normalized spacial score (nSPS) is 10.6. The molecule has 2 aromatic rings. The zero-order chi connectivity index (χ0) is 14.9. The van der Waals surface area contributed by atoms with Gasteiger partial charge in [0.25, 0.3) is 5.91 Å². The van der Waals surface area contributed by atoms with Crippen LogP contribution in [0.15, 0.2) is 18.2 Å². The quantitative estimate of drug-likeness (QED) is 0.902. The van der Waals surface area contributed by atoms with E-state index in [0.29, 0.717) is 23.6 Å². The Kier molecular flexibility index (Phi) is 3.79. The molecule has 0 radical (unpaired) electrons. The zero-order valence-electron chi connectivity index (χ0n) is 12.3. The number of amides is 1. The lowest BCUT2D eigenvalue weighted by Gasteiger charge is -2.09. The summed E-state index contributed by atoms with van der Waals surface area (Å²) in [6.45, 7) is 8.38. The van der Waals surface area contributed by atoms with Crippen molar-refractivity contribution in [2.24, 2.45) is 0 Å². The highest BCUT2D eigenvalue weighted by Gasteiger charge is 2.19. The van der Waals surface area contributed by atoms with Crippen molar-refractivity contribution in [3.05, 3.63) is 40.7 Å². The van der Waals surface area contributed by atoms with Crippen molar-refractivity contribution in [1.82, 2.24) is 9.78 Å². The monoisotopic (exact) mass is 272 g/mol. The van der Waals surface area contributed by atoms with Gasteiger partial charge in [-0.05, 0) is 51.0 Å². The first kappa shape index (κ1) is 14.1. The molecule has 0 aliphatic heterocycles. The zero-order valence-corrected chi connectivity index (χ0v) is 12.3. The Morgan fingerprint density at radius 1 is 1.30 bits per heavy atom. The van der Waals surface area contributed by atoms with Gasteiger partial charge >= 0.3 is 0 Å². The summed E-state index contributed by atoms with van der Waals surface area (Å²) in [5, 5.41) is 7.13. The van der Waals surface area contributed by atoms with Gasteiger partial charge in [-0.3, -0.25) is 9.48 Å². The number of nitrogens with one attached hydrogen (secondary N) is 1. The topological polar surface area (TPSA) is 72.9 Å². The number of hydrogen-bond acceptors (Lipinski definition) is 3. The summed E-state index contributed by atoms with van der Waals surface area (Å²) in [5.74, 6) is -0.229. The highest BCUT2D eigenvalue weighted by molar-refractivity contribution is 6.06. The summed E-state index contributed by atoms with van der Waals surface area (Å²) in [7, 11) is 0. The minimum absolute atomic E-state index is 0.229. The van der Waals surface area contributed by atoms with Crippen LogP contribution in [0.3, 0.4) is 0 Å². The average molecular weight is 272 g/mol. The van der Waals surface area contributed by atoms with Crippen LogP contribution in [0, 0.1) is 20.8 Å². The highest BCUT2D eigenvalue weighted by Crippen LogP contribution is 2.19. The maximum absolute atomic E-state index is 12.4. The molecule has 5 heteroatoms. The molecule has 1 aromatic carbocycles. The van der Waals surface area contributed by atoms with Crippen molar-refractivity contribution < 1.29 is 4.79 Å². The van der Waals surface area contributed by atoms with Crippen LogP contribution in [0.4, 0.5) is 11.4 Å². The molecule has 0 saturated heterocycles. The second-order valence-electron chi connectivity index (χ2n) is 4.92. The molecule has 0 aliphatic rings. The molecule has 0 fully saturated rings. The molecule has 106 valence electrons. The minimum atomic E-state index is -0.229. The van der Waals surface area contributed by atoms with Gasteiger partial charge in [-0.1, -0.05) is 6.07 Å².